The summed E-state index contributed by atoms with van der Waals surface area (Å²) in [5, 5.41) is 6.31. The van der Waals surface area contributed by atoms with E-state index in [1.807, 2.05) is 0 Å². The first-order valence-corrected chi connectivity index (χ1v) is 11.7. The zero-order valence-electron chi connectivity index (χ0n) is 18.0. The second-order valence-corrected chi connectivity index (χ2v) is 9.51. The molecule has 0 bridgehead atoms. The van der Waals surface area contributed by atoms with E-state index in [1.165, 1.54) is 29.6 Å². The van der Waals surface area contributed by atoms with Crippen molar-refractivity contribution in [2.75, 3.05) is 25.0 Å². The van der Waals surface area contributed by atoms with Crippen LogP contribution >= 0.6 is 0 Å². The van der Waals surface area contributed by atoms with Crippen LogP contribution in [0.4, 0.5) is 5.69 Å². The van der Waals surface area contributed by atoms with Crippen molar-refractivity contribution in [2.45, 2.75) is 37.5 Å². The highest BCUT2D eigenvalue weighted by atomic mass is 32.2. The monoisotopic (exact) mass is 462 g/mol. The molecule has 1 saturated heterocycles. The van der Waals surface area contributed by atoms with Gasteiger partial charge in [0.25, 0.3) is 11.5 Å². The fourth-order valence-electron chi connectivity index (χ4n) is 3.39. The number of nitrogens with zero attached hydrogens (tertiary/aromatic N) is 3. The first kappa shape index (κ1) is 23.6. The summed E-state index contributed by atoms with van der Waals surface area (Å²) in [6, 6.07) is 7.01. The molecular weight excluding hydrogens is 436 g/mol. The maximum absolute atomic E-state index is 13.1. The number of aryl methyl sites for hydroxylation is 2. The second kappa shape index (κ2) is 10.0. The van der Waals surface area contributed by atoms with Crippen LogP contribution in [0.2, 0.25) is 0 Å². The SMILES string of the molecule is Cc1ccc(NC(=O)COC(=O)c2ccc(=O)n(C)n2)cc1S(=O)(=O)N1CCCCCC1. The van der Waals surface area contributed by atoms with Gasteiger partial charge in [-0.1, -0.05) is 18.9 Å². The first-order chi connectivity index (χ1) is 15.2. The topological polar surface area (TPSA) is 128 Å². The summed E-state index contributed by atoms with van der Waals surface area (Å²) in [5.74, 6) is -1.49. The molecule has 11 heteroatoms. The third-order valence-corrected chi connectivity index (χ3v) is 7.20. The lowest BCUT2D eigenvalue weighted by Gasteiger charge is -2.21. The van der Waals surface area contributed by atoms with Gasteiger partial charge in [-0.3, -0.25) is 9.59 Å². The summed E-state index contributed by atoms with van der Waals surface area (Å²) in [5.41, 5.74) is 0.371. The fourth-order valence-corrected chi connectivity index (χ4v) is 5.16. The number of hydrogen-bond donors (Lipinski definition) is 1. The molecule has 10 nitrogen and oxygen atoms in total. The van der Waals surface area contributed by atoms with Gasteiger partial charge in [-0.15, -0.1) is 0 Å². The Morgan fingerprint density at radius 3 is 2.44 bits per heavy atom. The van der Waals surface area contributed by atoms with E-state index in [-0.39, 0.29) is 21.8 Å². The molecule has 1 aromatic heterocycles. The highest BCUT2D eigenvalue weighted by Crippen LogP contribution is 2.25. The molecular formula is C21H26N4O6S. The van der Waals surface area contributed by atoms with Crippen molar-refractivity contribution in [3.63, 3.8) is 0 Å². The van der Waals surface area contributed by atoms with E-state index < -0.39 is 28.5 Å². The lowest BCUT2D eigenvalue weighted by molar-refractivity contribution is -0.119. The van der Waals surface area contributed by atoms with Crippen molar-refractivity contribution in [2.24, 2.45) is 7.05 Å². The van der Waals surface area contributed by atoms with Crippen LogP contribution in [0, 0.1) is 6.92 Å². The number of benzene rings is 1. The molecule has 32 heavy (non-hydrogen) atoms. The van der Waals surface area contributed by atoms with Gasteiger partial charge in [0.2, 0.25) is 10.0 Å². The van der Waals surface area contributed by atoms with Crippen LogP contribution in [0.15, 0.2) is 40.0 Å². The molecule has 0 saturated carbocycles. The third kappa shape index (κ3) is 5.60. The van der Waals surface area contributed by atoms with Gasteiger partial charge in [-0.2, -0.15) is 9.40 Å². The Labute approximate surface area is 186 Å². The minimum atomic E-state index is -3.68. The number of aromatic nitrogens is 2. The van der Waals surface area contributed by atoms with Crippen molar-refractivity contribution in [1.82, 2.24) is 14.1 Å². The van der Waals surface area contributed by atoms with E-state index in [9.17, 15) is 22.8 Å². The lowest BCUT2D eigenvalue weighted by atomic mass is 10.2. The zero-order valence-corrected chi connectivity index (χ0v) is 18.9. The van der Waals surface area contributed by atoms with Gasteiger partial charge in [-0.25, -0.2) is 17.9 Å². The molecule has 2 aromatic rings. The van der Waals surface area contributed by atoms with Gasteiger partial charge in [-0.05, 0) is 43.5 Å². The van der Waals surface area contributed by atoms with E-state index in [2.05, 4.69) is 10.4 Å². The van der Waals surface area contributed by atoms with Crippen LogP contribution in [-0.4, -0.2) is 54.1 Å². The van der Waals surface area contributed by atoms with Gasteiger partial charge in [0.05, 0.1) is 4.90 Å². The smallest absolute Gasteiger partial charge is 0.359 e. The van der Waals surface area contributed by atoms with Crippen molar-refractivity contribution in [3.05, 3.63) is 51.9 Å². The summed E-state index contributed by atoms with van der Waals surface area (Å²) >= 11 is 0. The predicted octanol–water partition coefficient (Wildman–Crippen LogP) is 1.45. The van der Waals surface area contributed by atoms with E-state index in [4.69, 9.17) is 4.74 Å². The van der Waals surface area contributed by atoms with Crippen molar-refractivity contribution < 1.29 is 22.7 Å². The number of esters is 1. The quantitative estimate of drug-likeness (QED) is 0.644. The Morgan fingerprint density at radius 1 is 1.09 bits per heavy atom. The molecule has 0 aliphatic carbocycles. The van der Waals surface area contributed by atoms with Crippen LogP contribution in [0.3, 0.4) is 0 Å². The summed E-state index contributed by atoms with van der Waals surface area (Å²) in [4.78, 5) is 35.8. The molecule has 3 rings (SSSR count). The number of amides is 1. The highest BCUT2D eigenvalue weighted by Gasteiger charge is 2.27. The van der Waals surface area contributed by atoms with Crippen molar-refractivity contribution in [3.8, 4) is 0 Å². The van der Waals surface area contributed by atoms with Crippen LogP contribution in [0.5, 0.6) is 0 Å². The maximum Gasteiger partial charge on any atom is 0.359 e. The van der Waals surface area contributed by atoms with Gasteiger partial charge < -0.3 is 10.1 Å². The number of hydrogen-bond acceptors (Lipinski definition) is 7. The molecule has 2 heterocycles. The number of rotatable bonds is 6. The summed E-state index contributed by atoms with van der Waals surface area (Å²) in [7, 11) is -2.29. The molecule has 1 N–H and O–H groups in total. The third-order valence-electron chi connectivity index (χ3n) is 5.16. The van der Waals surface area contributed by atoms with E-state index in [1.54, 1.807) is 19.1 Å². The molecule has 1 aromatic carbocycles. The Kier molecular flexibility index (Phi) is 7.41. The Hall–Kier alpha value is -3.05. The Bertz CT molecular complexity index is 1170. The van der Waals surface area contributed by atoms with Crippen LogP contribution in [-0.2, 0) is 26.6 Å². The predicted molar refractivity (Wildman–Crippen MR) is 117 cm³/mol. The van der Waals surface area contributed by atoms with Crippen LogP contribution < -0.4 is 10.9 Å². The number of anilines is 1. The highest BCUT2D eigenvalue weighted by molar-refractivity contribution is 7.89. The fraction of sp³-hybridized carbons (Fsp3) is 0.429. The first-order valence-electron chi connectivity index (χ1n) is 10.3. The number of sulfonamides is 1. The summed E-state index contributed by atoms with van der Waals surface area (Å²) in [6.07, 6.45) is 3.66. The molecule has 0 atom stereocenters. The molecule has 0 spiro atoms. The summed E-state index contributed by atoms with van der Waals surface area (Å²) in [6.45, 7) is 2.07. The van der Waals surface area contributed by atoms with E-state index in [0.717, 1.165) is 30.4 Å². The van der Waals surface area contributed by atoms with Crippen LogP contribution in [0.1, 0.15) is 41.7 Å². The van der Waals surface area contributed by atoms with Gasteiger partial charge in [0.15, 0.2) is 12.3 Å². The average Bonchev–Trinajstić information content (AvgIpc) is 3.05. The van der Waals surface area contributed by atoms with E-state index >= 15 is 0 Å². The molecule has 1 aliphatic heterocycles. The number of ether oxygens (including phenoxy) is 1. The van der Waals surface area contributed by atoms with E-state index in [0.29, 0.717) is 18.7 Å². The lowest BCUT2D eigenvalue weighted by Crippen LogP contribution is -2.32. The molecule has 0 unspecified atom stereocenters. The molecule has 0 radical (unpaired) electrons. The number of carbonyl (C=O) groups is 2. The minimum absolute atomic E-state index is 0.110. The second-order valence-electron chi connectivity index (χ2n) is 7.60. The molecule has 172 valence electrons. The minimum Gasteiger partial charge on any atom is -0.451 e. The van der Waals surface area contributed by atoms with Crippen molar-refractivity contribution >= 4 is 27.6 Å². The van der Waals surface area contributed by atoms with Crippen LogP contribution in [0.25, 0.3) is 0 Å². The molecule has 1 aliphatic rings. The number of nitrogens with one attached hydrogen (secondary N) is 1. The summed E-state index contributed by atoms with van der Waals surface area (Å²) < 4.78 is 33.7. The Morgan fingerprint density at radius 2 is 1.78 bits per heavy atom. The Balaban J connectivity index is 1.67. The number of carbonyl (C=O) groups excluding carboxylic acids is 2. The average molecular weight is 463 g/mol. The maximum atomic E-state index is 13.1. The standard InChI is InChI=1S/C21H26N4O6S/c1-15-7-8-16(13-18(15)32(29,30)25-11-5-3-4-6-12-25)22-19(26)14-31-21(28)17-9-10-20(27)24(2)23-17/h7-10,13H,3-6,11-12,14H2,1-2H3,(H,22,26). The normalized spacial score (nSPS) is 15.1. The van der Waals surface area contributed by atoms with Gasteiger partial charge in [0.1, 0.15) is 0 Å². The molecule has 1 fully saturated rings. The zero-order chi connectivity index (χ0) is 23.3. The van der Waals surface area contributed by atoms with Gasteiger partial charge in [0, 0.05) is 31.9 Å². The largest absolute Gasteiger partial charge is 0.451 e. The van der Waals surface area contributed by atoms with Crippen molar-refractivity contribution in [1.29, 1.82) is 0 Å². The molecule has 1 amide bonds. The van der Waals surface area contributed by atoms with Gasteiger partial charge >= 0.3 is 5.97 Å².